The summed E-state index contributed by atoms with van der Waals surface area (Å²) in [6.45, 7) is 25.9. The Kier molecular flexibility index (Phi) is 23.5. The fourth-order valence-corrected chi connectivity index (χ4v) is 14.4. The van der Waals surface area contributed by atoms with Crippen molar-refractivity contribution in [2.24, 2.45) is 28.7 Å². The van der Waals surface area contributed by atoms with Crippen LogP contribution in [0.25, 0.3) is 0 Å². The Morgan fingerprint density at radius 2 is 1.53 bits per heavy atom. The Morgan fingerprint density at radius 1 is 0.797 bits per heavy atom. The van der Waals surface area contributed by atoms with Crippen LogP contribution in [0.4, 0.5) is 0 Å². The Bertz CT molecular complexity index is 1810. The van der Waals surface area contributed by atoms with E-state index in [4.69, 9.17) is 4.74 Å². The summed E-state index contributed by atoms with van der Waals surface area (Å²) in [5, 5.41) is 23.9. The highest BCUT2D eigenvalue weighted by atomic mass is 16.5. The smallest absolute Gasteiger partial charge is 0.229 e. The van der Waals surface area contributed by atoms with E-state index in [1.54, 1.807) is 0 Å². The highest BCUT2D eigenvalue weighted by molar-refractivity contribution is 5.81. The molecule has 7 aliphatic rings. The van der Waals surface area contributed by atoms with Crippen molar-refractivity contribution in [2.45, 2.75) is 211 Å². The second-order valence-electron chi connectivity index (χ2n) is 24.7. The molecule has 7 rings (SSSR count). The van der Waals surface area contributed by atoms with Crippen molar-refractivity contribution in [3.63, 3.8) is 0 Å². The molecule has 1 amide bonds. The Labute approximate surface area is 451 Å². The van der Waals surface area contributed by atoms with Gasteiger partial charge in [-0.25, -0.2) is 0 Å². The fourth-order valence-electron chi connectivity index (χ4n) is 14.4. The van der Waals surface area contributed by atoms with Crippen molar-refractivity contribution >= 4 is 12.1 Å². The predicted molar refractivity (Wildman–Crippen MR) is 308 cm³/mol. The van der Waals surface area contributed by atoms with Gasteiger partial charge in [0.15, 0.2) is 0 Å². The largest absolute Gasteiger partial charge is 0.390 e. The van der Waals surface area contributed by atoms with Crippen molar-refractivity contribution in [3.8, 4) is 0 Å². The van der Waals surface area contributed by atoms with E-state index in [0.717, 1.165) is 71.0 Å². The topological polar surface area (TPSA) is 127 Å². The number of morpholine rings is 1. The molecule has 0 aromatic heterocycles. The molecule has 74 heavy (non-hydrogen) atoms. The first-order valence-electron chi connectivity index (χ1n) is 30.4. The van der Waals surface area contributed by atoms with E-state index in [0.29, 0.717) is 74.3 Å². The summed E-state index contributed by atoms with van der Waals surface area (Å²) in [7, 11) is 4.40. The van der Waals surface area contributed by atoms with E-state index in [9.17, 15) is 4.79 Å². The van der Waals surface area contributed by atoms with Crippen molar-refractivity contribution in [1.82, 2.24) is 56.4 Å². The second kappa shape index (κ2) is 29.7. The van der Waals surface area contributed by atoms with Gasteiger partial charge < -0.3 is 56.2 Å². The van der Waals surface area contributed by atoms with Gasteiger partial charge in [-0.05, 0) is 116 Å². The minimum Gasteiger partial charge on any atom is -0.390 e. The molecule has 420 valence electrons. The van der Waals surface area contributed by atoms with Gasteiger partial charge in [-0.2, -0.15) is 0 Å². The molecule has 6 N–H and O–H groups in total. The number of rotatable bonds is 6. The first-order chi connectivity index (χ1) is 35.8. The fraction of sp³-hybridized carbons (Fsp3) is 0.833. The number of hydrogen-bond acceptors (Lipinski definition) is 13. The van der Waals surface area contributed by atoms with Crippen LogP contribution in [0.1, 0.15) is 158 Å². The zero-order valence-corrected chi connectivity index (χ0v) is 48.3. The van der Waals surface area contributed by atoms with Gasteiger partial charge in [0, 0.05) is 169 Å². The van der Waals surface area contributed by atoms with Crippen LogP contribution in [0.2, 0.25) is 0 Å². The number of ether oxygens (including phenoxy) is 1. The third-order valence-electron chi connectivity index (χ3n) is 18.7. The normalized spacial score (nSPS) is 33.2. The maximum absolute atomic E-state index is 14.7. The van der Waals surface area contributed by atoms with Crippen LogP contribution >= 0.6 is 0 Å². The van der Waals surface area contributed by atoms with Crippen LogP contribution in [0.15, 0.2) is 53.5 Å². The first kappa shape index (κ1) is 58.7. The molecule has 4 heterocycles. The third-order valence-corrected chi connectivity index (χ3v) is 18.7. The maximum Gasteiger partial charge on any atom is 0.229 e. The molecule has 0 aromatic rings. The summed E-state index contributed by atoms with van der Waals surface area (Å²) in [6, 6.07) is 2.29. The maximum atomic E-state index is 14.7. The van der Waals surface area contributed by atoms with Gasteiger partial charge in [0.1, 0.15) is 0 Å². The Balaban J connectivity index is 1.10. The molecule has 6 fully saturated rings. The van der Waals surface area contributed by atoms with E-state index in [-0.39, 0.29) is 29.6 Å². The quantitative estimate of drug-likeness (QED) is 0.157. The van der Waals surface area contributed by atoms with Gasteiger partial charge in [0.05, 0.1) is 19.1 Å². The molecular formula is C60H108N12O2. The van der Waals surface area contributed by atoms with Gasteiger partial charge >= 0.3 is 0 Å². The van der Waals surface area contributed by atoms with Crippen LogP contribution in [0, 0.1) is 23.7 Å². The number of carbonyl (C=O) groups is 1. The van der Waals surface area contributed by atoms with Crippen LogP contribution in [0.3, 0.4) is 0 Å². The number of aliphatic imine (C=N–C) groups is 1. The van der Waals surface area contributed by atoms with Crippen LogP contribution in [0.5, 0.6) is 0 Å². The molecule has 3 aliphatic carbocycles. The SMILES string of the molecule is CC(C)CC1NCCNC(C)C(C)N2CCCC2=CN(C)C(CC2CCCCC2)=CN(C)C=CN=CC=CNCCNCC2(CCCC2)NC(C)C(C2CCCC2)N2C(C)C(C(=O)N3CCOCC3)C2CNC1C. The summed E-state index contributed by atoms with van der Waals surface area (Å²) in [6.07, 6.45) is 36.0. The second-order valence-corrected chi connectivity index (χ2v) is 24.7. The molecule has 0 bridgehead atoms. The molecule has 3 saturated carbocycles. The van der Waals surface area contributed by atoms with Crippen molar-refractivity contribution in [3.05, 3.63) is 48.5 Å². The van der Waals surface area contributed by atoms with Gasteiger partial charge in [-0.15, -0.1) is 0 Å². The lowest BCUT2D eigenvalue weighted by molar-refractivity contribution is -0.165. The molecule has 3 saturated heterocycles. The van der Waals surface area contributed by atoms with Gasteiger partial charge in [0.2, 0.25) is 5.91 Å². The lowest BCUT2D eigenvalue weighted by Crippen LogP contribution is -2.76. The highest BCUT2D eigenvalue weighted by Crippen LogP contribution is 2.44. The van der Waals surface area contributed by atoms with Crippen LogP contribution in [-0.2, 0) is 9.53 Å². The standard InChI is InChI=1S/C60H108N12O2/c1-45(2)39-55-47(4)66-41-56-57(59(73)70-35-37-74-38-36-70)50(7)72(56)58(52-21-13-14-22-52)48(5)67-60(24-15-16-25-60)44-63-29-28-61-26-18-27-62-32-34-68(8)42-54(40-51-19-11-10-12-20-51)69(9)43-53-23-17-33-71(53)49(6)46(3)64-30-31-65-55/h18,26-27,32,34,42-43,45-52,55-58,61,63-67H,10-17,19-25,28-31,33,35-41,44H2,1-9H3. The Morgan fingerprint density at radius 3 is 2.27 bits per heavy atom. The van der Waals surface area contributed by atoms with Crippen molar-refractivity contribution < 1.29 is 9.53 Å². The lowest BCUT2D eigenvalue weighted by Gasteiger charge is -2.60. The number of hydrogen-bond donors (Lipinski definition) is 6. The summed E-state index contributed by atoms with van der Waals surface area (Å²) in [5.74, 6) is 2.24. The van der Waals surface area contributed by atoms with Gasteiger partial charge in [0.25, 0.3) is 0 Å². The molecule has 4 aliphatic heterocycles. The first-order valence-corrected chi connectivity index (χ1v) is 30.4. The number of nitrogens with zero attached hydrogens (tertiary/aromatic N) is 6. The number of nitrogens with one attached hydrogen (secondary N) is 6. The average molecular weight is 1030 g/mol. The van der Waals surface area contributed by atoms with Crippen LogP contribution in [-0.4, -0.2) is 177 Å². The van der Waals surface area contributed by atoms with Gasteiger partial charge in [-0.3, -0.25) is 14.7 Å². The summed E-state index contributed by atoms with van der Waals surface area (Å²) in [5.41, 5.74) is 2.88. The highest BCUT2D eigenvalue weighted by Gasteiger charge is 2.56. The lowest BCUT2D eigenvalue weighted by atomic mass is 9.74. The summed E-state index contributed by atoms with van der Waals surface area (Å²) < 4.78 is 5.74. The number of amides is 1. The minimum atomic E-state index is -0.0237. The number of fused-ring (bicyclic) bond motifs is 2. The average Bonchev–Trinajstić information content (AvgIpc) is 4.20. The van der Waals surface area contributed by atoms with E-state index in [1.165, 1.54) is 101 Å². The zero-order chi connectivity index (χ0) is 52.5. The molecule has 0 aromatic carbocycles. The monoisotopic (exact) mass is 1030 g/mol. The van der Waals surface area contributed by atoms with Crippen molar-refractivity contribution in [1.29, 1.82) is 0 Å². The van der Waals surface area contributed by atoms with E-state index in [1.807, 2.05) is 24.7 Å². The molecule has 0 radical (unpaired) electrons. The van der Waals surface area contributed by atoms with Crippen molar-refractivity contribution in [2.75, 3.05) is 86.2 Å². The van der Waals surface area contributed by atoms with Crippen LogP contribution < -0.4 is 31.9 Å². The van der Waals surface area contributed by atoms with Gasteiger partial charge in [-0.1, -0.05) is 71.6 Å². The van der Waals surface area contributed by atoms with E-state index >= 15 is 0 Å². The van der Waals surface area contributed by atoms with E-state index < -0.39 is 0 Å². The third kappa shape index (κ3) is 16.5. The minimum absolute atomic E-state index is 0.0237. The molecule has 14 nitrogen and oxygen atoms in total. The molecule has 14 heteroatoms. The Hall–Kier alpha value is -2.98. The predicted octanol–water partition coefficient (Wildman–Crippen LogP) is 7.59. The molecular weight excluding hydrogens is 921 g/mol. The van der Waals surface area contributed by atoms with E-state index in [2.05, 4.69) is 143 Å². The summed E-state index contributed by atoms with van der Waals surface area (Å²) in [4.78, 5) is 31.5. The summed E-state index contributed by atoms with van der Waals surface area (Å²) >= 11 is 0. The zero-order valence-electron chi connectivity index (χ0n) is 48.3. The molecule has 9 atom stereocenters. The molecule has 1 spiro atoms. The number of carbonyl (C=O) groups excluding carboxylic acids is 1. The number of allylic oxidation sites excluding steroid dienone is 3. The molecule has 9 unspecified atom stereocenters.